The number of rotatable bonds is 5. The molecule has 1 aliphatic rings. The zero-order valence-electron chi connectivity index (χ0n) is 12.1. The van der Waals surface area contributed by atoms with Crippen LogP contribution in [-0.4, -0.2) is 16.4 Å². The second-order valence-electron chi connectivity index (χ2n) is 5.33. The molecule has 1 N–H and O–H groups in total. The van der Waals surface area contributed by atoms with Gasteiger partial charge in [-0.25, -0.2) is 0 Å². The van der Waals surface area contributed by atoms with Crippen LogP contribution in [0.15, 0.2) is 30.6 Å². The van der Waals surface area contributed by atoms with Crippen LogP contribution in [0.3, 0.4) is 0 Å². The van der Waals surface area contributed by atoms with Crippen LogP contribution in [0.2, 0.25) is 0 Å². The van der Waals surface area contributed by atoms with Crippen LogP contribution in [0.5, 0.6) is 5.75 Å². The molecule has 1 unspecified atom stereocenters. The lowest BCUT2D eigenvalue weighted by molar-refractivity contribution is 0.356. The molecule has 4 heteroatoms. The van der Waals surface area contributed by atoms with Crippen molar-refractivity contribution in [2.24, 2.45) is 7.05 Å². The molecule has 106 valence electrons. The van der Waals surface area contributed by atoms with E-state index in [1.165, 1.54) is 16.7 Å². The summed E-state index contributed by atoms with van der Waals surface area (Å²) in [6.45, 7) is 3.88. The Morgan fingerprint density at radius 3 is 3.10 bits per heavy atom. The molecule has 1 aliphatic heterocycles. The van der Waals surface area contributed by atoms with Crippen LogP contribution in [0.1, 0.15) is 36.1 Å². The van der Waals surface area contributed by atoms with Gasteiger partial charge in [-0.05, 0) is 23.6 Å². The fourth-order valence-electron chi connectivity index (χ4n) is 2.73. The van der Waals surface area contributed by atoms with Crippen molar-refractivity contribution in [1.82, 2.24) is 15.1 Å². The lowest BCUT2D eigenvalue weighted by atomic mass is 10.0. The van der Waals surface area contributed by atoms with E-state index in [0.717, 1.165) is 31.7 Å². The normalized spacial score (nSPS) is 14.9. The molecule has 2 aromatic rings. The fourth-order valence-corrected chi connectivity index (χ4v) is 2.73. The number of aryl methyl sites for hydroxylation is 1. The molecular weight excluding hydrogens is 250 g/mol. The van der Waals surface area contributed by atoms with Crippen molar-refractivity contribution in [3.05, 3.63) is 47.3 Å². The lowest BCUT2D eigenvalue weighted by Gasteiger charge is -2.17. The Kier molecular flexibility index (Phi) is 3.74. The Morgan fingerprint density at radius 2 is 2.35 bits per heavy atom. The van der Waals surface area contributed by atoms with Gasteiger partial charge in [0.05, 0.1) is 12.8 Å². The number of hydrogen-bond donors (Lipinski definition) is 1. The van der Waals surface area contributed by atoms with E-state index in [9.17, 15) is 0 Å². The Hall–Kier alpha value is -1.81. The first kappa shape index (κ1) is 13.2. The quantitative estimate of drug-likeness (QED) is 0.908. The van der Waals surface area contributed by atoms with E-state index in [1.54, 1.807) is 0 Å². The van der Waals surface area contributed by atoms with Crippen LogP contribution in [0.25, 0.3) is 0 Å². The van der Waals surface area contributed by atoms with Gasteiger partial charge in [-0.3, -0.25) is 4.68 Å². The van der Waals surface area contributed by atoms with Gasteiger partial charge in [0, 0.05) is 37.8 Å². The second-order valence-corrected chi connectivity index (χ2v) is 5.33. The van der Waals surface area contributed by atoms with Crippen molar-refractivity contribution in [2.75, 3.05) is 6.61 Å². The largest absolute Gasteiger partial charge is 0.493 e. The van der Waals surface area contributed by atoms with E-state index in [2.05, 4.69) is 41.7 Å². The maximum atomic E-state index is 5.57. The first-order chi connectivity index (χ1) is 9.76. The van der Waals surface area contributed by atoms with Gasteiger partial charge in [0.1, 0.15) is 5.75 Å². The minimum atomic E-state index is 0.376. The third-order valence-corrected chi connectivity index (χ3v) is 3.84. The molecule has 0 radical (unpaired) electrons. The number of aromatic nitrogens is 2. The van der Waals surface area contributed by atoms with Crippen LogP contribution in [-0.2, 0) is 20.0 Å². The van der Waals surface area contributed by atoms with Gasteiger partial charge in [-0.2, -0.15) is 5.10 Å². The van der Waals surface area contributed by atoms with Crippen LogP contribution in [0, 0.1) is 0 Å². The molecule has 2 heterocycles. The van der Waals surface area contributed by atoms with E-state index >= 15 is 0 Å². The number of nitrogens with zero attached hydrogens (tertiary/aromatic N) is 2. The first-order valence-corrected chi connectivity index (χ1v) is 7.23. The number of fused-ring (bicyclic) bond motifs is 1. The second kappa shape index (κ2) is 5.67. The van der Waals surface area contributed by atoms with E-state index in [1.807, 2.05) is 17.9 Å². The van der Waals surface area contributed by atoms with Crippen molar-refractivity contribution in [1.29, 1.82) is 0 Å². The third-order valence-electron chi connectivity index (χ3n) is 3.84. The van der Waals surface area contributed by atoms with E-state index < -0.39 is 0 Å². The number of nitrogens with one attached hydrogen (secondary N) is 1. The van der Waals surface area contributed by atoms with E-state index in [0.29, 0.717) is 6.04 Å². The zero-order valence-corrected chi connectivity index (χ0v) is 12.1. The Bertz CT molecular complexity index is 591. The van der Waals surface area contributed by atoms with E-state index in [-0.39, 0.29) is 0 Å². The summed E-state index contributed by atoms with van der Waals surface area (Å²) in [5.41, 5.74) is 3.90. The number of hydrogen-bond acceptors (Lipinski definition) is 3. The summed E-state index contributed by atoms with van der Waals surface area (Å²) >= 11 is 0. The predicted molar refractivity (Wildman–Crippen MR) is 78.7 cm³/mol. The average molecular weight is 271 g/mol. The molecule has 1 aromatic heterocycles. The Labute approximate surface area is 119 Å². The zero-order chi connectivity index (χ0) is 13.9. The summed E-state index contributed by atoms with van der Waals surface area (Å²) in [5, 5.41) is 7.81. The average Bonchev–Trinajstić information content (AvgIpc) is 3.07. The molecular formula is C16H21N3O. The standard InChI is InChI=1S/C16H21N3O/c1-3-15(17-9-12-10-18-19(2)11-12)13-4-5-16-14(8-13)6-7-20-16/h4-5,8,10-11,15,17H,3,6-7,9H2,1-2H3. The summed E-state index contributed by atoms with van der Waals surface area (Å²) in [7, 11) is 1.95. The topological polar surface area (TPSA) is 39.1 Å². The first-order valence-electron chi connectivity index (χ1n) is 7.23. The molecule has 0 spiro atoms. The van der Waals surface area contributed by atoms with Gasteiger partial charge in [-0.1, -0.05) is 19.1 Å². The summed E-state index contributed by atoms with van der Waals surface area (Å²) in [4.78, 5) is 0. The summed E-state index contributed by atoms with van der Waals surface area (Å²) in [6, 6.07) is 6.94. The fraction of sp³-hybridized carbons (Fsp3) is 0.438. The van der Waals surface area contributed by atoms with Crippen LogP contribution in [0.4, 0.5) is 0 Å². The molecule has 3 rings (SSSR count). The Morgan fingerprint density at radius 1 is 1.45 bits per heavy atom. The molecule has 1 aromatic carbocycles. The van der Waals surface area contributed by atoms with E-state index in [4.69, 9.17) is 4.74 Å². The summed E-state index contributed by atoms with van der Waals surface area (Å²) in [6.07, 6.45) is 6.06. The van der Waals surface area contributed by atoms with Crippen LogP contribution >= 0.6 is 0 Å². The summed E-state index contributed by atoms with van der Waals surface area (Å²) < 4.78 is 7.41. The maximum absolute atomic E-state index is 5.57. The molecule has 0 saturated carbocycles. The molecule has 0 saturated heterocycles. The van der Waals surface area contributed by atoms with Gasteiger partial charge in [0.25, 0.3) is 0 Å². The highest BCUT2D eigenvalue weighted by atomic mass is 16.5. The molecule has 0 fully saturated rings. The van der Waals surface area contributed by atoms with Gasteiger partial charge in [0.15, 0.2) is 0 Å². The molecule has 0 amide bonds. The van der Waals surface area contributed by atoms with Crippen molar-refractivity contribution >= 4 is 0 Å². The van der Waals surface area contributed by atoms with Crippen molar-refractivity contribution in [3.8, 4) is 5.75 Å². The Balaban J connectivity index is 1.69. The highest BCUT2D eigenvalue weighted by Gasteiger charge is 2.15. The van der Waals surface area contributed by atoms with Crippen LogP contribution < -0.4 is 10.1 Å². The van der Waals surface area contributed by atoms with Crippen molar-refractivity contribution < 1.29 is 4.74 Å². The highest BCUT2D eigenvalue weighted by molar-refractivity contribution is 5.40. The minimum Gasteiger partial charge on any atom is -0.493 e. The van der Waals surface area contributed by atoms with Gasteiger partial charge >= 0.3 is 0 Å². The van der Waals surface area contributed by atoms with Crippen molar-refractivity contribution in [3.63, 3.8) is 0 Å². The molecule has 4 nitrogen and oxygen atoms in total. The smallest absolute Gasteiger partial charge is 0.122 e. The molecule has 0 bridgehead atoms. The molecule has 0 aliphatic carbocycles. The van der Waals surface area contributed by atoms with Gasteiger partial charge < -0.3 is 10.1 Å². The molecule has 20 heavy (non-hydrogen) atoms. The van der Waals surface area contributed by atoms with Crippen molar-refractivity contribution in [2.45, 2.75) is 32.4 Å². The molecule has 1 atom stereocenters. The maximum Gasteiger partial charge on any atom is 0.122 e. The van der Waals surface area contributed by atoms with Gasteiger partial charge in [0.2, 0.25) is 0 Å². The predicted octanol–water partition coefficient (Wildman–Crippen LogP) is 2.60. The SMILES string of the molecule is CCC(NCc1cnn(C)c1)c1ccc2c(c1)CCO2. The third kappa shape index (κ3) is 2.70. The van der Waals surface area contributed by atoms with Gasteiger partial charge in [-0.15, -0.1) is 0 Å². The number of ether oxygens (including phenoxy) is 1. The lowest BCUT2D eigenvalue weighted by Crippen LogP contribution is -2.20. The number of benzene rings is 1. The minimum absolute atomic E-state index is 0.376. The highest BCUT2D eigenvalue weighted by Crippen LogP contribution is 2.29. The monoisotopic (exact) mass is 271 g/mol. The summed E-state index contributed by atoms with van der Waals surface area (Å²) in [5.74, 6) is 1.05.